The van der Waals surface area contributed by atoms with Gasteiger partial charge < -0.3 is 13.7 Å². The summed E-state index contributed by atoms with van der Waals surface area (Å²) in [4.78, 5) is 24.3. The van der Waals surface area contributed by atoms with Crippen molar-refractivity contribution in [3.8, 4) is 0 Å². The van der Waals surface area contributed by atoms with Crippen molar-refractivity contribution in [2.75, 3.05) is 0 Å². The smallest absolute Gasteiger partial charge is 0.254 e. The minimum atomic E-state index is -0.0181. The van der Waals surface area contributed by atoms with Crippen molar-refractivity contribution >= 4 is 17.2 Å². The molecule has 4 aromatic heterocycles. The summed E-state index contributed by atoms with van der Waals surface area (Å²) in [6.45, 7) is 2.88. The van der Waals surface area contributed by atoms with Crippen LogP contribution < -0.4 is 0 Å². The van der Waals surface area contributed by atoms with E-state index < -0.39 is 0 Å². The molecule has 30 heavy (non-hydrogen) atoms. The molecule has 6 nitrogen and oxygen atoms in total. The molecular formula is C24H21N5O. The second-order valence-electron chi connectivity index (χ2n) is 7.39. The predicted molar refractivity (Wildman–Crippen MR) is 115 cm³/mol. The molecule has 0 N–H and O–H groups in total. The van der Waals surface area contributed by atoms with E-state index in [2.05, 4.69) is 9.97 Å². The molecule has 0 bridgehead atoms. The van der Waals surface area contributed by atoms with Crippen molar-refractivity contribution in [1.29, 1.82) is 0 Å². The molecule has 0 saturated heterocycles. The first-order chi connectivity index (χ1) is 14.7. The lowest BCUT2D eigenvalue weighted by Crippen LogP contribution is -2.31. The Kier molecular flexibility index (Phi) is 4.52. The van der Waals surface area contributed by atoms with Crippen molar-refractivity contribution in [1.82, 2.24) is 23.7 Å². The number of hydrogen-bond acceptors (Lipinski definition) is 3. The van der Waals surface area contributed by atoms with Crippen molar-refractivity contribution in [3.63, 3.8) is 0 Å². The lowest BCUT2D eigenvalue weighted by Gasteiger charge is -2.23. The van der Waals surface area contributed by atoms with Crippen LogP contribution in [0.3, 0.4) is 0 Å². The molecule has 6 heteroatoms. The molecule has 1 amide bonds. The number of amides is 1. The van der Waals surface area contributed by atoms with E-state index in [0.717, 1.165) is 28.2 Å². The highest BCUT2D eigenvalue weighted by atomic mass is 16.2. The summed E-state index contributed by atoms with van der Waals surface area (Å²) in [6, 6.07) is 19.5. The second-order valence-corrected chi connectivity index (χ2v) is 7.39. The maximum absolute atomic E-state index is 13.5. The monoisotopic (exact) mass is 395 g/mol. The topological polar surface area (TPSA) is 54.9 Å². The van der Waals surface area contributed by atoms with Crippen molar-refractivity contribution in [2.45, 2.75) is 20.0 Å². The number of hydrogen-bond donors (Lipinski definition) is 0. The van der Waals surface area contributed by atoms with Gasteiger partial charge >= 0.3 is 0 Å². The molecule has 148 valence electrons. The van der Waals surface area contributed by atoms with Gasteiger partial charge in [0.25, 0.3) is 5.91 Å². The van der Waals surface area contributed by atoms with Crippen LogP contribution in [0.25, 0.3) is 11.3 Å². The minimum absolute atomic E-state index is 0.0181. The Labute approximate surface area is 174 Å². The summed E-state index contributed by atoms with van der Waals surface area (Å²) >= 11 is 0. The van der Waals surface area contributed by atoms with E-state index in [1.807, 2.05) is 106 Å². The van der Waals surface area contributed by atoms with E-state index >= 15 is 0 Å². The van der Waals surface area contributed by atoms with Crippen LogP contribution >= 0.6 is 0 Å². The zero-order chi connectivity index (χ0) is 20.5. The Balaban J connectivity index is 1.53. The molecule has 0 atom stereocenters. The number of fused-ring (bicyclic) bond motifs is 2. The molecule has 0 saturated carbocycles. The summed E-state index contributed by atoms with van der Waals surface area (Å²) in [5, 5.41) is 0. The van der Waals surface area contributed by atoms with E-state index in [4.69, 9.17) is 0 Å². The molecule has 0 aliphatic carbocycles. The third-order valence-electron chi connectivity index (χ3n) is 5.25. The van der Waals surface area contributed by atoms with Gasteiger partial charge in [0, 0.05) is 18.0 Å². The average Bonchev–Trinajstić information content (AvgIpc) is 3.37. The Morgan fingerprint density at radius 1 is 0.833 bits per heavy atom. The van der Waals surface area contributed by atoms with Gasteiger partial charge in [-0.3, -0.25) is 4.79 Å². The Morgan fingerprint density at radius 2 is 1.43 bits per heavy atom. The highest BCUT2D eigenvalue weighted by Crippen LogP contribution is 2.17. The lowest BCUT2D eigenvalue weighted by atomic mass is 10.1. The predicted octanol–water partition coefficient (Wildman–Crippen LogP) is 4.13. The zero-order valence-corrected chi connectivity index (χ0v) is 16.6. The summed E-state index contributed by atoms with van der Waals surface area (Å²) in [5.41, 5.74) is 5.39. The highest BCUT2D eigenvalue weighted by Gasteiger charge is 2.20. The van der Waals surface area contributed by atoms with Gasteiger partial charge in [0.15, 0.2) is 0 Å². The maximum atomic E-state index is 13.5. The fourth-order valence-corrected chi connectivity index (χ4v) is 3.76. The first kappa shape index (κ1) is 18.1. The van der Waals surface area contributed by atoms with E-state index in [-0.39, 0.29) is 5.91 Å². The van der Waals surface area contributed by atoms with E-state index in [0.29, 0.717) is 18.7 Å². The summed E-state index contributed by atoms with van der Waals surface area (Å²) in [5.74, 6) is -0.0181. The number of carbonyl (C=O) groups is 1. The van der Waals surface area contributed by atoms with E-state index in [1.165, 1.54) is 0 Å². The van der Waals surface area contributed by atoms with E-state index in [1.54, 1.807) is 0 Å². The molecule has 1 aromatic carbocycles. The van der Waals surface area contributed by atoms with Gasteiger partial charge in [-0.05, 0) is 43.3 Å². The molecule has 0 fully saturated rings. The van der Waals surface area contributed by atoms with Gasteiger partial charge in [-0.25, -0.2) is 9.97 Å². The number of aromatic nitrogens is 4. The summed E-state index contributed by atoms with van der Waals surface area (Å²) in [7, 11) is 0. The van der Waals surface area contributed by atoms with Gasteiger partial charge in [0.1, 0.15) is 11.3 Å². The van der Waals surface area contributed by atoms with Crippen LogP contribution in [-0.2, 0) is 13.1 Å². The molecule has 0 radical (unpaired) electrons. The number of nitrogens with zero attached hydrogens (tertiary/aromatic N) is 5. The average molecular weight is 395 g/mol. The normalized spacial score (nSPS) is 11.2. The Hall–Kier alpha value is -3.93. The van der Waals surface area contributed by atoms with Crippen LogP contribution in [0.5, 0.6) is 0 Å². The van der Waals surface area contributed by atoms with Gasteiger partial charge in [-0.2, -0.15) is 0 Å². The fraction of sp³-hybridized carbons (Fsp3) is 0.125. The number of pyridine rings is 2. The third-order valence-corrected chi connectivity index (χ3v) is 5.25. The molecule has 5 rings (SSSR count). The molecule has 5 aromatic rings. The molecule has 0 spiro atoms. The van der Waals surface area contributed by atoms with Crippen LogP contribution in [-0.4, -0.2) is 29.6 Å². The first-order valence-electron chi connectivity index (χ1n) is 9.87. The number of aryl methyl sites for hydroxylation is 1. The molecule has 4 heterocycles. The van der Waals surface area contributed by atoms with E-state index in [9.17, 15) is 4.79 Å². The largest absolute Gasteiger partial charge is 0.327 e. The number of imidazole rings is 2. The molecule has 0 unspecified atom stereocenters. The molecular weight excluding hydrogens is 374 g/mol. The van der Waals surface area contributed by atoms with Crippen molar-refractivity contribution < 1.29 is 4.79 Å². The standard InChI is InChI=1S/C24H21N5O/c1-18-7-6-8-19(13-18)24(30)27(16-20-14-25-22-9-2-4-11-28(20)22)17-21-15-26-23-10-3-5-12-29(21)23/h2-15H,16-17H2,1H3. The molecule has 0 aliphatic heterocycles. The third kappa shape index (κ3) is 3.33. The number of benzene rings is 1. The zero-order valence-electron chi connectivity index (χ0n) is 16.6. The van der Waals surface area contributed by atoms with Crippen molar-refractivity contribution in [2.24, 2.45) is 0 Å². The highest BCUT2D eigenvalue weighted by molar-refractivity contribution is 5.94. The lowest BCUT2D eigenvalue weighted by molar-refractivity contribution is 0.0725. The van der Waals surface area contributed by atoms with Crippen LogP contribution in [0, 0.1) is 6.92 Å². The van der Waals surface area contributed by atoms with Crippen molar-refractivity contribution in [3.05, 3.63) is 108 Å². The Morgan fingerprint density at radius 3 is 2.00 bits per heavy atom. The van der Waals surface area contributed by atoms with Gasteiger partial charge in [-0.15, -0.1) is 0 Å². The number of rotatable bonds is 5. The fourth-order valence-electron chi connectivity index (χ4n) is 3.76. The molecule has 0 aliphatic rings. The van der Waals surface area contributed by atoms with Gasteiger partial charge in [0.05, 0.1) is 36.9 Å². The van der Waals surface area contributed by atoms with Gasteiger partial charge in [-0.1, -0.05) is 29.8 Å². The second kappa shape index (κ2) is 7.48. The van der Waals surface area contributed by atoms with Crippen LogP contribution in [0.4, 0.5) is 0 Å². The SMILES string of the molecule is Cc1cccc(C(=O)N(Cc2cnc3ccccn23)Cc2cnc3ccccn23)c1. The van der Waals surface area contributed by atoms with Crippen LogP contribution in [0.1, 0.15) is 27.3 Å². The first-order valence-corrected chi connectivity index (χ1v) is 9.87. The van der Waals surface area contributed by atoms with Gasteiger partial charge in [0.2, 0.25) is 0 Å². The Bertz CT molecular complexity index is 1270. The van der Waals surface area contributed by atoms with Crippen LogP contribution in [0.15, 0.2) is 85.5 Å². The van der Waals surface area contributed by atoms with Crippen LogP contribution in [0.2, 0.25) is 0 Å². The maximum Gasteiger partial charge on any atom is 0.254 e. The summed E-state index contributed by atoms with van der Waals surface area (Å²) < 4.78 is 4.04. The number of carbonyl (C=O) groups excluding carboxylic acids is 1. The quantitative estimate of drug-likeness (QED) is 0.450. The minimum Gasteiger partial charge on any atom is -0.327 e. The summed E-state index contributed by atoms with van der Waals surface area (Å²) in [6.07, 6.45) is 7.61.